The van der Waals surface area contributed by atoms with E-state index in [1.165, 1.54) is 45.3 Å². The maximum Gasteiger partial charge on any atom is 0.00682 e. The van der Waals surface area contributed by atoms with Crippen LogP contribution in [0, 0.1) is 11.8 Å². The minimum absolute atomic E-state index is 0.786. The van der Waals surface area contributed by atoms with E-state index in [-0.39, 0.29) is 0 Å². The molecule has 0 aromatic heterocycles. The van der Waals surface area contributed by atoms with E-state index in [1.54, 1.807) is 0 Å². The molecule has 0 radical (unpaired) electrons. The fourth-order valence-electron chi connectivity index (χ4n) is 2.71. The molecule has 3 unspecified atom stereocenters. The normalized spacial score (nSPS) is 33.2. The zero-order chi connectivity index (χ0) is 11.5. The van der Waals surface area contributed by atoms with Crippen molar-refractivity contribution in [3.8, 4) is 0 Å². The lowest BCUT2D eigenvalue weighted by Crippen LogP contribution is -2.32. The number of hydrogen-bond acceptors (Lipinski definition) is 2. The van der Waals surface area contributed by atoms with Crippen LogP contribution in [0.3, 0.4) is 0 Å². The molecule has 1 saturated heterocycles. The minimum Gasteiger partial charge on any atom is -0.314 e. The Hall–Kier alpha value is -0.0800. The summed E-state index contributed by atoms with van der Waals surface area (Å²) in [5, 5.41) is 3.60. The van der Waals surface area contributed by atoms with E-state index in [0.29, 0.717) is 0 Å². The predicted molar refractivity (Wildman–Crippen MR) is 69.6 cm³/mol. The van der Waals surface area contributed by atoms with E-state index in [0.717, 1.165) is 23.9 Å². The average Bonchev–Trinajstić information content (AvgIpc) is 3.01. The van der Waals surface area contributed by atoms with Gasteiger partial charge in [0.2, 0.25) is 0 Å². The molecule has 0 aromatic carbocycles. The van der Waals surface area contributed by atoms with Gasteiger partial charge in [-0.15, -0.1) is 0 Å². The molecule has 0 spiro atoms. The smallest absolute Gasteiger partial charge is 0.00682 e. The number of hydrogen-bond donors (Lipinski definition) is 1. The van der Waals surface area contributed by atoms with Gasteiger partial charge in [0.1, 0.15) is 0 Å². The van der Waals surface area contributed by atoms with Gasteiger partial charge < -0.3 is 10.2 Å². The van der Waals surface area contributed by atoms with Crippen molar-refractivity contribution in [3.05, 3.63) is 0 Å². The summed E-state index contributed by atoms with van der Waals surface area (Å²) in [6.07, 6.45) is 5.53. The molecule has 2 fully saturated rings. The summed E-state index contributed by atoms with van der Waals surface area (Å²) in [5.74, 6) is 1.79. The van der Waals surface area contributed by atoms with Gasteiger partial charge in [-0.1, -0.05) is 13.8 Å². The van der Waals surface area contributed by atoms with E-state index >= 15 is 0 Å². The molecule has 3 atom stereocenters. The third kappa shape index (κ3) is 3.46. The van der Waals surface area contributed by atoms with Crippen molar-refractivity contribution >= 4 is 0 Å². The molecule has 1 saturated carbocycles. The van der Waals surface area contributed by atoms with E-state index in [9.17, 15) is 0 Å². The molecule has 2 nitrogen and oxygen atoms in total. The molecule has 1 aliphatic carbocycles. The van der Waals surface area contributed by atoms with Crippen molar-refractivity contribution in [2.45, 2.75) is 58.5 Å². The summed E-state index contributed by atoms with van der Waals surface area (Å²) in [4.78, 5) is 2.69. The summed E-state index contributed by atoms with van der Waals surface area (Å²) < 4.78 is 0. The van der Waals surface area contributed by atoms with Crippen LogP contribution in [0.15, 0.2) is 0 Å². The number of likely N-dealkylation sites (tertiary alicyclic amines) is 1. The van der Waals surface area contributed by atoms with Crippen LogP contribution in [0.1, 0.15) is 46.5 Å². The summed E-state index contributed by atoms with van der Waals surface area (Å²) in [6.45, 7) is 11.1. The molecular weight excluding hydrogens is 196 g/mol. The zero-order valence-corrected chi connectivity index (χ0v) is 11.2. The molecule has 94 valence electrons. The van der Waals surface area contributed by atoms with Crippen molar-refractivity contribution in [3.63, 3.8) is 0 Å². The summed E-state index contributed by atoms with van der Waals surface area (Å²) in [7, 11) is 0. The van der Waals surface area contributed by atoms with Crippen LogP contribution < -0.4 is 5.32 Å². The van der Waals surface area contributed by atoms with Gasteiger partial charge in [-0.3, -0.25) is 0 Å². The predicted octanol–water partition coefficient (Wildman–Crippen LogP) is 2.49. The summed E-state index contributed by atoms with van der Waals surface area (Å²) in [6, 6.07) is 1.66. The maximum absolute atomic E-state index is 3.60. The first kappa shape index (κ1) is 12.4. The van der Waals surface area contributed by atoms with Gasteiger partial charge >= 0.3 is 0 Å². The van der Waals surface area contributed by atoms with Gasteiger partial charge in [0.05, 0.1) is 0 Å². The molecule has 16 heavy (non-hydrogen) atoms. The Balaban J connectivity index is 1.57. The Bertz CT molecular complexity index is 203. The Morgan fingerprint density at radius 1 is 1.19 bits per heavy atom. The maximum atomic E-state index is 3.60. The van der Waals surface area contributed by atoms with Crippen LogP contribution >= 0.6 is 0 Å². The second kappa shape index (κ2) is 5.50. The number of nitrogens with one attached hydrogen (secondary N) is 1. The minimum atomic E-state index is 0.786. The van der Waals surface area contributed by atoms with E-state index < -0.39 is 0 Å². The fraction of sp³-hybridized carbons (Fsp3) is 1.00. The largest absolute Gasteiger partial charge is 0.314 e. The summed E-state index contributed by atoms with van der Waals surface area (Å²) >= 11 is 0. The lowest BCUT2D eigenvalue weighted by molar-refractivity contribution is 0.233. The van der Waals surface area contributed by atoms with Crippen molar-refractivity contribution in [1.29, 1.82) is 0 Å². The Morgan fingerprint density at radius 3 is 2.38 bits per heavy atom. The molecule has 2 aliphatic rings. The standard InChI is InChI=1S/C14H28N2/c1-11-9-16(10-12(11)2)13(3)5-4-8-15-14-6-7-14/h11-15H,4-10H2,1-3H3. The van der Waals surface area contributed by atoms with E-state index in [1.807, 2.05) is 0 Å². The lowest BCUT2D eigenvalue weighted by atomic mass is 10.0. The van der Waals surface area contributed by atoms with Crippen molar-refractivity contribution in [2.75, 3.05) is 19.6 Å². The van der Waals surface area contributed by atoms with Crippen LogP contribution in [0.5, 0.6) is 0 Å². The van der Waals surface area contributed by atoms with Gasteiger partial charge in [0.15, 0.2) is 0 Å². The second-order valence-corrected chi connectivity index (χ2v) is 6.13. The first-order valence-electron chi connectivity index (χ1n) is 7.14. The molecule has 2 heteroatoms. The number of rotatable bonds is 6. The molecule has 1 N–H and O–H groups in total. The molecule has 0 amide bonds. The highest BCUT2D eigenvalue weighted by Crippen LogP contribution is 2.25. The topological polar surface area (TPSA) is 15.3 Å². The van der Waals surface area contributed by atoms with Crippen molar-refractivity contribution in [1.82, 2.24) is 10.2 Å². The molecule has 2 rings (SSSR count). The fourth-order valence-corrected chi connectivity index (χ4v) is 2.71. The summed E-state index contributed by atoms with van der Waals surface area (Å²) in [5.41, 5.74) is 0. The lowest BCUT2D eigenvalue weighted by Gasteiger charge is -2.24. The molecule has 1 aliphatic heterocycles. The third-order valence-corrected chi connectivity index (χ3v) is 4.45. The van der Waals surface area contributed by atoms with Crippen LogP contribution in [0.2, 0.25) is 0 Å². The van der Waals surface area contributed by atoms with Gasteiger partial charge in [-0.25, -0.2) is 0 Å². The van der Waals surface area contributed by atoms with Crippen LogP contribution in [-0.2, 0) is 0 Å². The molecule has 0 aromatic rings. The zero-order valence-electron chi connectivity index (χ0n) is 11.2. The highest BCUT2D eigenvalue weighted by Gasteiger charge is 2.28. The van der Waals surface area contributed by atoms with Crippen LogP contribution in [-0.4, -0.2) is 36.6 Å². The van der Waals surface area contributed by atoms with Gasteiger partial charge in [-0.2, -0.15) is 0 Å². The number of nitrogens with zero attached hydrogens (tertiary/aromatic N) is 1. The highest BCUT2D eigenvalue weighted by molar-refractivity contribution is 4.83. The Morgan fingerprint density at radius 2 is 1.81 bits per heavy atom. The molecule has 1 heterocycles. The SMILES string of the molecule is CC1CN(C(C)CCCNC2CC2)CC1C. The first-order chi connectivity index (χ1) is 7.66. The van der Waals surface area contributed by atoms with Gasteiger partial charge in [0, 0.05) is 25.2 Å². The van der Waals surface area contributed by atoms with E-state index in [2.05, 4.69) is 31.0 Å². The van der Waals surface area contributed by atoms with E-state index in [4.69, 9.17) is 0 Å². The van der Waals surface area contributed by atoms with Gasteiger partial charge in [-0.05, 0) is 51.0 Å². The van der Waals surface area contributed by atoms with Crippen LogP contribution in [0.25, 0.3) is 0 Å². The van der Waals surface area contributed by atoms with Crippen LogP contribution in [0.4, 0.5) is 0 Å². The molecule has 0 bridgehead atoms. The monoisotopic (exact) mass is 224 g/mol. The Kier molecular flexibility index (Phi) is 4.26. The average molecular weight is 224 g/mol. The van der Waals surface area contributed by atoms with Crippen molar-refractivity contribution < 1.29 is 0 Å². The Labute approximate surface area is 101 Å². The highest BCUT2D eigenvalue weighted by atomic mass is 15.2. The second-order valence-electron chi connectivity index (χ2n) is 6.13. The van der Waals surface area contributed by atoms with Crippen molar-refractivity contribution in [2.24, 2.45) is 11.8 Å². The third-order valence-electron chi connectivity index (χ3n) is 4.45. The first-order valence-corrected chi connectivity index (χ1v) is 7.14. The van der Waals surface area contributed by atoms with Gasteiger partial charge in [0.25, 0.3) is 0 Å². The quantitative estimate of drug-likeness (QED) is 0.697. The molecular formula is C14H28N2.